The topological polar surface area (TPSA) is 21.1 Å². The number of aromatic nitrogens is 2. The fourth-order valence-electron chi connectivity index (χ4n) is 2.00. The number of anilines is 1. The number of hydrogen-bond acceptors (Lipinski definition) is 2. The van der Waals surface area contributed by atoms with Gasteiger partial charge < -0.3 is 4.90 Å². The van der Waals surface area contributed by atoms with Gasteiger partial charge in [0.15, 0.2) is 0 Å². The summed E-state index contributed by atoms with van der Waals surface area (Å²) in [6.07, 6.45) is 3.73. The Labute approximate surface area is 114 Å². The number of alkyl halides is 1. The van der Waals surface area contributed by atoms with Crippen LogP contribution >= 0.6 is 15.9 Å². The van der Waals surface area contributed by atoms with Gasteiger partial charge in [-0.25, -0.2) is 4.39 Å². The highest BCUT2D eigenvalue weighted by Gasteiger charge is 2.13. The largest absolute Gasteiger partial charge is 0.368 e. The third-order valence-electron chi connectivity index (χ3n) is 2.77. The first kappa shape index (κ1) is 13.1. The first-order chi connectivity index (χ1) is 8.61. The average Bonchev–Trinajstić information content (AvgIpc) is 2.74. The van der Waals surface area contributed by atoms with Crippen LogP contribution in [0.5, 0.6) is 0 Å². The summed E-state index contributed by atoms with van der Waals surface area (Å²) in [5.74, 6) is -0.196. The number of benzene rings is 1. The molecule has 2 rings (SSSR count). The van der Waals surface area contributed by atoms with E-state index < -0.39 is 0 Å². The van der Waals surface area contributed by atoms with E-state index in [1.165, 1.54) is 6.07 Å². The van der Waals surface area contributed by atoms with E-state index in [-0.39, 0.29) is 5.82 Å². The maximum absolute atomic E-state index is 13.9. The van der Waals surface area contributed by atoms with Gasteiger partial charge in [0, 0.05) is 37.7 Å². The van der Waals surface area contributed by atoms with Crippen LogP contribution in [0.25, 0.3) is 0 Å². The van der Waals surface area contributed by atoms with E-state index in [4.69, 9.17) is 0 Å². The molecule has 0 spiro atoms. The summed E-state index contributed by atoms with van der Waals surface area (Å²) in [6, 6.07) is 5.14. The van der Waals surface area contributed by atoms with E-state index in [0.29, 0.717) is 17.6 Å². The third kappa shape index (κ3) is 2.72. The summed E-state index contributed by atoms with van der Waals surface area (Å²) < 4.78 is 15.7. The van der Waals surface area contributed by atoms with Crippen LogP contribution in [0, 0.1) is 5.82 Å². The molecule has 1 aromatic heterocycles. The van der Waals surface area contributed by atoms with Crippen LogP contribution in [-0.4, -0.2) is 16.8 Å². The van der Waals surface area contributed by atoms with Crippen molar-refractivity contribution in [3.8, 4) is 0 Å². The minimum atomic E-state index is -0.196. The van der Waals surface area contributed by atoms with Crippen molar-refractivity contribution in [1.29, 1.82) is 0 Å². The zero-order valence-electron chi connectivity index (χ0n) is 10.4. The zero-order chi connectivity index (χ0) is 13.1. The maximum Gasteiger partial charge on any atom is 0.146 e. The quantitative estimate of drug-likeness (QED) is 0.809. The molecule has 96 valence electrons. The van der Waals surface area contributed by atoms with Gasteiger partial charge >= 0.3 is 0 Å². The van der Waals surface area contributed by atoms with Crippen molar-refractivity contribution in [3.05, 3.63) is 47.5 Å². The number of para-hydroxylation sites is 1. The predicted octanol–water partition coefficient (Wildman–Crippen LogP) is 3.09. The van der Waals surface area contributed by atoms with Crippen molar-refractivity contribution >= 4 is 21.6 Å². The Morgan fingerprint density at radius 1 is 1.44 bits per heavy atom. The Morgan fingerprint density at radius 3 is 2.83 bits per heavy atom. The minimum absolute atomic E-state index is 0.196. The first-order valence-electron chi connectivity index (χ1n) is 5.64. The lowest BCUT2D eigenvalue weighted by Crippen LogP contribution is -2.19. The smallest absolute Gasteiger partial charge is 0.146 e. The molecule has 0 unspecified atom stereocenters. The third-order valence-corrected chi connectivity index (χ3v) is 3.38. The number of aryl methyl sites for hydroxylation is 1. The Hall–Kier alpha value is -1.36. The second-order valence-corrected chi connectivity index (χ2v) is 4.82. The molecule has 0 aliphatic carbocycles. The highest BCUT2D eigenvalue weighted by atomic mass is 79.9. The molecule has 0 saturated heterocycles. The van der Waals surface area contributed by atoms with Crippen molar-refractivity contribution in [2.75, 3.05) is 11.9 Å². The molecule has 0 atom stereocenters. The highest BCUT2D eigenvalue weighted by Crippen LogP contribution is 2.26. The molecule has 0 saturated carbocycles. The number of rotatable bonds is 4. The molecular weight excluding hydrogens is 297 g/mol. The maximum atomic E-state index is 13.9. The summed E-state index contributed by atoms with van der Waals surface area (Å²) in [6.45, 7) is 0.634. The molecule has 18 heavy (non-hydrogen) atoms. The molecule has 0 radical (unpaired) electrons. The van der Waals surface area contributed by atoms with E-state index in [0.717, 1.165) is 11.1 Å². The number of hydrogen-bond donors (Lipinski definition) is 0. The Morgan fingerprint density at radius 2 is 2.22 bits per heavy atom. The van der Waals surface area contributed by atoms with Crippen molar-refractivity contribution in [2.24, 2.45) is 7.05 Å². The van der Waals surface area contributed by atoms with Crippen LogP contribution in [0.1, 0.15) is 11.1 Å². The van der Waals surface area contributed by atoms with Gasteiger partial charge in [0.25, 0.3) is 0 Å². The van der Waals surface area contributed by atoms with Crippen LogP contribution in [-0.2, 0) is 18.9 Å². The minimum Gasteiger partial charge on any atom is -0.368 e. The molecule has 0 N–H and O–H groups in total. The summed E-state index contributed by atoms with van der Waals surface area (Å²) >= 11 is 3.39. The van der Waals surface area contributed by atoms with Crippen molar-refractivity contribution in [1.82, 2.24) is 9.78 Å². The van der Waals surface area contributed by atoms with E-state index in [1.54, 1.807) is 16.9 Å². The summed E-state index contributed by atoms with van der Waals surface area (Å²) in [5.41, 5.74) is 2.64. The van der Waals surface area contributed by atoms with E-state index in [9.17, 15) is 4.39 Å². The Balaban J connectivity index is 2.25. The fraction of sp³-hybridized carbons (Fsp3) is 0.308. The highest BCUT2D eigenvalue weighted by molar-refractivity contribution is 9.08. The van der Waals surface area contributed by atoms with Crippen molar-refractivity contribution < 1.29 is 4.39 Å². The molecule has 0 aliphatic rings. The molecule has 0 bridgehead atoms. The predicted molar refractivity (Wildman–Crippen MR) is 74.3 cm³/mol. The van der Waals surface area contributed by atoms with Crippen LogP contribution in [0.3, 0.4) is 0 Å². The van der Waals surface area contributed by atoms with Crippen molar-refractivity contribution in [3.63, 3.8) is 0 Å². The van der Waals surface area contributed by atoms with Gasteiger partial charge in [-0.1, -0.05) is 28.1 Å². The zero-order valence-corrected chi connectivity index (χ0v) is 12.0. The van der Waals surface area contributed by atoms with Crippen LogP contribution in [0.15, 0.2) is 30.6 Å². The molecule has 3 nitrogen and oxygen atoms in total. The van der Waals surface area contributed by atoms with E-state index >= 15 is 0 Å². The van der Waals surface area contributed by atoms with Gasteiger partial charge in [0.05, 0.1) is 11.9 Å². The second kappa shape index (κ2) is 5.52. The van der Waals surface area contributed by atoms with Gasteiger partial charge in [0.1, 0.15) is 5.82 Å². The molecule has 2 aromatic rings. The lowest BCUT2D eigenvalue weighted by molar-refractivity contribution is 0.620. The molecule has 0 amide bonds. The molecular formula is C13H15BrFN3. The van der Waals surface area contributed by atoms with Crippen LogP contribution in [0.2, 0.25) is 0 Å². The molecule has 5 heteroatoms. The Bertz CT molecular complexity index is 539. The van der Waals surface area contributed by atoms with Crippen molar-refractivity contribution in [2.45, 2.75) is 11.9 Å². The lowest BCUT2D eigenvalue weighted by Gasteiger charge is -2.21. The lowest BCUT2D eigenvalue weighted by atomic mass is 10.1. The molecule has 1 aromatic carbocycles. The number of nitrogens with zero attached hydrogens (tertiary/aromatic N) is 3. The molecule has 1 heterocycles. The molecule has 0 aliphatic heterocycles. The van der Waals surface area contributed by atoms with Gasteiger partial charge in [-0.2, -0.15) is 5.10 Å². The van der Waals surface area contributed by atoms with E-state index in [2.05, 4.69) is 21.0 Å². The fourth-order valence-corrected chi connectivity index (χ4v) is 2.45. The normalized spacial score (nSPS) is 10.7. The standard InChI is InChI=1S/C13H15BrFN3/c1-17(8-10-7-16-18(2)9-10)13-11(6-14)4-3-5-12(13)15/h3-5,7,9H,6,8H2,1-2H3. The SMILES string of the molecule is CN(Cc1cnn(C)c1)c1c(F)cccc1CBr. The summed E-state index contributed by atoms with van der Waals surface area (Å²) in [5, 5.41) is 4.75. The molecule has 0 fully saturated rings. The average molecular weight is 312 g/mol. The number of halogens is 2. The monoisotopic (exact) mass is 311 g/mol. The van der Waals surface area contributed by atoms with E-state index in [1.807, 2.05) is 31.3 Å². The van der Waals surface area contributed by atoms with Gasteiger partial charge in [-0.15, -0.1) is 0 Å². The summed E-state index contributed by atoms with van der Waals surface area (Å²) in [7, 11) is 3.76. The van der Waals surface area contributed by atoms with Crippen LogP contribution in [0.4, 0.5) is 10.1 Å². The second-order valence-electron chi connectivity index (χ2n) is 4.26. The van der Waals surface area contributed by atoms with Gasteiger partial charge in [-0.3, -0.25) is 4.68 Å². The van der Waals surface area contributed by atoms with Crippen LogP contribution < -0.4 is 4.90 Å². The first-order valence-corrected chi connectivity index (χ1v) is 6.76. The summed E-state index contributed by atoms with van der Waals surface area (Å²) in [4.78, 5) is 1.91. The Kier molecular flexibility index (Phi) is 4.01. The van der Waals surface area contributed by atoms with Gasteiger partial charge in [0.2, 0.25) is 0 Å². The van der Waals surface area contributed by atoms with Gasteiger partial charge in [-0.05, 0) is 11.6 Å².